The van der Waals surface area contributed by atoms with Crippen LogP contribution in [-0.2, 0) is 0 Å². The van der Waals surface area contributed by atoms with Gasteiger partial charge in [-0.25, -0.2) is 4.98 Å². The molecule has 5 nitrogen and oxygen atoms in total. The van der Waals surface area contributed by atoms with Crippen molar-refractivity contribution in [2.45, 2.75) is 18.1 Å². The Kier molecular flexibility index (Phi) is 4.01. The maximum absolute atomic E-state index is 5.30. The molecule has 1 unspecified atom stereocenters. The van der Waals surface area contributed by atoms with Gasteiger partial charge in [-0.05, 0) is 19.1 Å². The van der Waals surface area contributed by atoms with Gasteiger partial charge in [-0.2, -0.15) is 5.10 Å². The third-order valence-corrected chi connectivity index (χ3v) is 3.03. The summed E-state index contributed by atoms with van der Waals surface area (Å²) in [5.41, 5.74) is 0. The Hall–Kier alpha value is -1.27. The fourth-order valence-electron chi connectivity index (χ4n) is 1.33. The van der Waals surface area contributed by atoms with Gasteiger partial charge in [-0.3, -0.25) is 5.10 Å². The number of rotatable bonds is 6. The van der Waals surface area contributed by atoms with E-state index in [0.29, 0.717) is 0 Å². The van der Waals surface area contributed by atoms with Gasteiger partial charge in [0.15, 0.2) is 5.16 Å². The molecule has 0 radical (unpaired) electrons. The van der Waals surface area contributed by atoms with Gasteiger partial charge in [0.2, 0.25) is 0 Å². The van der Waals surface area contributed by atoms with E-state index in [1.54, 1.807) is 18.0 Å². The Bertz CT molecular complexity index is 387. The standard InChI is InChI=1S/C10H14N4OS/c1-8(9-3-2-5-15-9)11-4-6-16-10-12-7-13-14-10/h2-3,5,7-8,11H,4,6H2,1H3,(H,12,13,14). The average Bonchev–Trinajstić information content (AvgIpc) is 2.96. The number of hydrogen-bond donors (Lipinski definition) is 2. The maximum Gasteiger partial charge on any atom is 0.183 e. The summed E-state index contributed by atoms with van der Waals surface area (Å²) < 4.78 is 5.30. The Morgan fingerprint density at radius 2 is 2.56 bits per heavy atom. The zero-order valence-electron chi connectivity index (χ0n) is 9.01. The first-order chi connectivity index (χ1) is 7.86. The van der Waals surface area contributed by atoms with E-state index in [-0.39, 0.29) is 6.04 Å². The van der Waals surface area contributed by atoms with E-state index < -0.39 is 0 Å². The number of H-pyrrole nitrogens is 1. The molecule has 0 aliphatic heterocycles. The van der Waals surface area contributed by atoms with Crippen LogP contribution in [0.25, 0.3) is 0 Å². The minimum absolute atomic E-state index is 0.241. The summed E-state index contributed by atoms with van der Waals surface area (Å²) in [4.78, 5) is 4.03. The van der Waals surface area contributed by atoms with Crippen LogP contribution in [0.3, 0.4) is 0 Å². The first kappa shape index (κ1) is 11.2. The van der Waals surface area contributed by atoms with Crippen molar-refractivity contribution in [2.24, 2.45) is 0 Å². The predicted molar refractivity (Wildman–Crippen MR) is 62.2 cm³/mol. The highest BCUT2D eigenvalue weighted by Crippen LogP contribution is 2.13. The Labute approximate surface area is 98.0 Å². The smallest absolute Gasteiger partial charge is 0.183 e. The van der Waals surface area contributed by atoms with Gasteiger partial charge >= 0.3 is 0 Å². The van der Waals surface area contributed by atoms with Crippen LogP contribution < -0.4 is 5.32 Å². The molecular formula is C10H14N4OS. The zero-order valence-corrected chi connectivity index (χ0v) is 9.83. The minimum Gasteiger partial charge on any atom is -0.468 e. The Morgan fingerprint density at radius 3 is 3.25 bits per heavy atom. The van der Waals surface area contributed by atoms with Gasteiger partial charge in [0, 0.05) is 12.3 Å². The van der Waals surface area contributed by atoms with Gasteiger partial charge < -0.3 is 9.73 Å². The molecule has 86 valence electrons. The largest absolute Gasteiger partial charge is 0.468 e. The van der Waals surface area contributed by atoms with E-state index in [0.717, 1.165) is 23.2 Å². The van der Waals surface area contributed by atoms with E-state index >= 15 is 0 Å². The van der Waals surface area contributed by atoms with E-state index in [1.807, 2.05) is 12.1 Å². The molecule has 0 fully saturated rings. The lowest BCUT2D eigenvalue weighted by Crippen LogP contribution is -2.20. The van der Waals surface area contributed by atoms with E-state index in [9.17, 15) is 0 Å². The third kappa shape index (κ3) is 3.11. The summed E-state index contributed by atoms with van der Waals surface area (Å²) in [6.07, 6.45) is 3.21. The van der Waals surface area contributed by atoms with Gasteiger partial charge in [0.1, 0.15) is 12.1 Å². The second-order valence-corrected chi connectivity index (χ2v) is 4.41. The number of aromatic nitrogens is 3. The minimum atomic E-state index is 0.241. The molecule has 0 aliphatic carbocycles. The normalized spacial score (nSPS) is 12.8. The van der Waals surface area contributed by atoms with Crippen LogP contribution >= 0.6 is 11.8 Å². The number of nitrogens with one attached hydrogen (secondary N) is 2. The topological polar surface area (TPSA) is 66.7 Å². The molecule has 0 saturated heterocycles. The molecule has 1 atom stereocenters. The zero-order chi connectivity index (χ0) is 11.2. The van der Waals surface area contributed by atoms with Crippen molar-refractivity contribution in [3.63, 3.8) is 0 Å². The fourth-order valence-corrected chi connectivity index (χ4v) is 1.98. The first-order valence-corrected chi connectivity index (χ1v) is 6.10. The van der Waals surface area contributed by atoms with Gasteiger partial charge in [-0.15, -0.1) is 0 Å². The quantitative estimate of drug-likeness (QED) is 0.593. The molecule has 2 heterocycles. The highest BCUT2D eigenvalue weighted by atomic mass is 32.2. The second-order valence-electron chi connectivity index (χ2n) is 3.33. The molecule has 6 heteroatoms. The van der Waals surface area contributed by atoms with Gasteiger partial charge in [0.05, 0.1) is 12.3 Å². The lowest BCUT2D eigenvalue weighted by atomic mass is 10.2. The van der Waals surface area contributed by atoms with E-state index in [1.165, 1.54) is 6.33 Å². The van der Waals surface area contributed by atoms with Crippen molar-refractivity contribution in [3.05, 3.63) is 30.5 Å². The van der Waals surface area contributed by atoms with Gasteiger partial charge in [-0.1, -0.05) is 11.8 Å². The number of furan rings is 1. The second kappa shape index (κ2) is 5.72. The molecule has 0 bridgehead atoms. The third-order valence-electron chi connectivity index (χ3n) is 2.15. The van der Waals surface area contributed by atoms with Crippen LogP contribution in [0.5, 0.6) is 0 Å². The van der Waals surface area contributed by atoms with Crippen LogP contribution in [0.4, 0.5) is 0 Å². The van der Waals surface area contributed by atoms with Crippen molar-refractivity contribution < 1.29 is 4.42 Å². The molecule has 2 N–H and O–H groups in total. The Morgan fingerprint density at radius 1 is 1.62 bits per heavy atom. The number of nitrogens with zero attached hydrogens (tertiary/aromatic N) is 2. The molecule has 0 saturated carbocycles. The fraction of sp³-hybridized carbons (Fsp3) is 0.400. The van der Waals surface area contributed by atoms with Crippen molar-refractivity contribution in [1.82, 2.24) is 20.5 Å². The van der Waals surface area contributed by atoms with Crippen molar-refractivity contribution in [1.29, 1.82) is 0 Å². The molecule has 0 spiro atoms. The summed E-state index contributed by atoms with van der Waals surface area (Å²) in [5.74, 6) is 1.91. The summed E-state index contributed by atoms with van der Waals surface area (Å²) in [6.45, 7) is 2.98. The first-order valence-electron chi connectivity index (χ1n) is 5.11. The Balaban J connectivity index is 1.65. The van der Waals surface area contributed by atoms with Crippen LogP contribution in [0.1, 0.15) is 18.7 Å². The SMILES string of the molecule is CC(NCCSc1ncn[nH]1)c1ccco1. The van der Waals surface area contributed by atoms with Crippen LogP contribution in [0, 0.1) is 0 Å². The molecule has 2 aromatic heterocycles. The molecule has 0 aliphatic rings. The number of hydrogen-bond acceptors (Lipinski definition) is 5. The molecule has 2 rings (SSSR count). The van der Waals surface area contributed by atoms with Crippen LogP contribution in [0.2, 0.25) is 0 Å². The molecular weight excluding hydrogens is 224 g/mol. The van der Waals surface area contributed by atoms with Crippen molar-refractivity contribution in [3.8, 4) is 0 Å². The molecule has 0 amide bonds. The van der Waals surface area contributed by atoms with Crippen molar-refractivity contribution >= 4 is 11.8 Å². The highest BCUT2D eigenvalue weighted by molar-refractivity contribution is 7.99. The monoisotopic (exact) mass is 238 g/mol. The summed E-state index contributed by atoms with van der Waals surface area (Å²) in [7, 11) is 0. The molecule has 2 aromatic rings. The lowest BCUT2D eigenvalue weighted by Gasteiger charge is -2.10. The molecule has 0 aromatic carbocycles. The lowest BCUT2D eigenvalue weighted by molar-refractivity contribution is 0.438. The summed E-state index contributed by atoms with van der Waals surface area (Å²) >= 11 is 1.64. The maximum atomic E-state index is 5.30. The predicted octanol–water partition coefficient (Wildman–Crippen LogP) is 1.84. The van der Waals surface area contributed by atoms with Crippen molar-refractivity contribution in [2.75, 3.05) is 12.3 Å². The van der Waals surface area contributed by atoms with Gasteiger partial charge in [0.25, 0.3) is 0 Å². The van der Waals surface area contributed by atoms with E-state index in [4.69, 9.17) is 4.42 Å². The highest BCUT2D eigenvalue weighted by Gasteiger charge is 2.06. The summed E-state index contributed by atoms with van der Waals surface area (Å²) in [6, 6.07) is 4.11. The van der Waals surface area contributed by atoms with E-state index in [2.05, 4.69) is 27.4 Å². The molecule has 16 heavy (non-hydrogen) atoms. The average molecular weight is 238 g/mol. The summed E-state index contributed by atoms with van der Waals surface area (Å²) in [5, 5.41) is 10.8. The van der Waals surface area contributed by atoms with Crippen LogP contribution in [0.15, 0.2) is 34.3 Å². The number of thioether (sulfide) groups is 1. The number of aromatic amines is 1. The van der Waals surface area contributed by atoms with Crippen LogP contribution in [-0.4, -0.2) is 27.5 Å².